The molecule has 0 aliphatic carbocycles. The van der Waals surface area contributed by atoms with E-state index in [1.807, 2.05) is 28.5 Å². The molecule has 0 bridgehead atoms. The maximum atomic E-state index is 12.6. The predicted molar refractivity (Wildman–Crippen MR) is 105 cm³/mol. The van der Waals surface area contributed by atoms with Crippen molar-refractivity contribution in [3.05, 3.63) is 57.2 Å². The highest BCUT2D eigenvalue weighted by molar-refractivity contribution is 8.16. The highest BCUT2D eigenvalue weighted by Gasteiger charge is 2.41. The van der Waals surface area contributed by atoms with Gasteiger partial charge in [-0.25, -0.2) is 9.79 Å². The van der Waals surface area contributed by atoms with Gasteiger partial charge < -0.3 is 14.4 Å². The molecule has 2 aliphatic heterocycles. The molecule has 0 amide bonds. The molecule has 0 unspecified atom stereocenters. The van der Waals surface area contributed by atoms with Gasteiger partial charge in [0.05, 0.1) is 37.4 Å². The van der Waals surface area contributed by atoms with Crippen LogP contribution in [0.15, 0.2) is 51.6 Å². The van der Waals surface area contributed by atoms with Gasteiger partial charge in [-0.15, -0.1) is 0 Å². The number of benzene rings is 1. The van der Waals surface area contributed by atoms with Gasteiger partial charge in [0.1, 0.15) is 0 Å². The Morgan fingerprint density at radius 2 is 2.07 bits per heavy atom. The Kier molecular flexibility index (Phi) is 5.92. The number of thioether (sulfide) groups is 1. The average Bonchev–Trinajstić information content (AvgIpc) is 3.03. The molecule has 0 fully saturated rings. The van der Waals surface area contributed by atoms with Gasteiger partial charge in [0.2, 0.25) is 0 Å². The van der Waals surface area contributed by atoms with Crippen LogP contribution in [-0.2, 0) is 19.1 Å². The number of rotatable bonds is 5. The van der Waals surface area contributed by atoms with Crippen LogP contribution in [0.2, 0.25) is 5.02 Å². The van der Waals surface area contributed by atoms with Gasteiger partial charge in [0.15, 0.2) is 5.17 Å². The summed E-state index contributed by atoms with van der Waals surface area (Å²) in [6.07, 6.45) is 0.0777. The van der Waals surface area contributed by atoms with Crippen molar-refractivity contribution in [2.45, 2.75) is 26.3 Å². The molecular formula is C19H19ClN2O4S. The molecule has 8 heteroatoms. The number of carbonyl (C=O) groups excluding carboxylic acids is 2. The number of ether oxygens (including phenoxy) is 2. The first-order chi connectivity index (χ1) is 13.0. The number of nitrogens with zero attached hydrogens (tertiary/aromatic N) is 2. The molecule has 2 aliphatic rings. The lowest BCUT2D eigenvalue weighted by atomic mass is 9.94. The first-order valence-electron chi connectivity index (χ1n) is 8.40. The monoisotopic (exact) mass is 406 g/mol. The van der Waals surface area contributed by atoms with E-state index >= 15 is 0 Å². The van der Waals surface area contributed by atoms with E-state index in [0.717, 1.165) is 5.56 Å². The largest absolute Gasteiger partial charge is 0.466 e. The number of aliphatic imine (C=N–C) groups is 1. The van der Waals surface area contributed by atoms with Crippen molar-refractivity contribution in [2.75, 3.05) is 13.7 Å². The van der Waals surface area contributed by atoms with E-state index in [4.69, 9.17) is 21.1 Å². The zero-order valence-electron chi connectivity index (χ0n) is 15.2. The molecule has 0 radical (unpaired) electrons. The molecule has 0 saturated heterocycles. The molecule has 142 valence electrons. The van der Waals surface area contributed by atoms with Gasteiger partial charge in [-0.05, 0) is 30.9 Å². The second kappa shape index (κ2) is 8.19. The minimum Gasteiger partial charge on any atom is -0.466 e. The van der Waals surface area contributed by atoms with Crippen LogP contribution in [0.25, 0.3) is 0 Å². The molecule has 3 rings (SSSR count). The molecule has 27 heavy (non-hydrogen) atoms. The van der Waals surface area contributed by atoms with Gasteiger partial charge in [-0.2, -0.15) is 0 Å². The molecular weight excluding hydrogens is 388 g/mol. The lowest BCUT2D eigenvalue weighted by molar-refractivity contribution is -0.142. The smallest absolute Gasteiger partial charge is 0.338 e. The Labute approximate surface area is 166 Å². The lowest BCUT2D eigenvalue weighted by Crippen LogP contribution is -2.37. The topological polar surface area (TPSA) is 68.2 Å². The van der Waals surface area contributed by atoms with E-state index < -0.39 is 12.0 Å². The molecule has 0 aromatic heterocycles. The average molecular weight is 407 g/mol. The molecule has 1 aromatic rings. The van der Waals surface area contributed by atoms with E-state index in [2.05, 4.69) is 4.99 Å². The van der Waals surface area contributed by atoms with Crippen molar-refractivity contribution in [3.63, 3.8) is 0 Å². The van der Waals surface area contributed by atoms with Crippen LogP contribution in [0, 0.1) is 0 Å². The standard InChI is InChI=1S/C19H19ClN2O4S/c1-4-26-15(23)9-12-10-27-19-21-11(2)16(18(24)25-3)17(22(12)19)13-7-5-6-8-14(13)20/h5-8,10,17H,4,9H2,1-3H3/t17-/m1/s1. The normalized spacial score (nSPS) is 18.7. The number of esters is 2. The fourth-order valence-corrected chi connectivity index (χ4v) is 4.30. The number of hydrogen-bond acceptors (Lipinski definition) is 7. The summed E-state index contributed by atoms with van der Waals surface area (Å²) >= 11 is 7.85. The Balaban J connectivity index is 2.09. The van der Waals surface area contributed by atoms with Crippen molar-refractivity contribution < 1.29 is 19.1 Å². The molecule has 0 saturated carbocycles. The Morgan fingerprint density at radius 1 is 1.33 bits per heavy atom. The minimum atomic E-state index is -0.533. The van der Waals surface area contributed by atoms with Crippen LogP contribution < -0.4 is 0 Å². The summed E-state index contributed by atoms with van der Waals surface area (Å²) in [6.45, 7) is 3.84. The summed E-state index contributed by atoms with van der Waals surface area (Å²) in [5.41, 5.74) is 2.41. The Hall–Kier alpha value is -2.25. The van der Waals surface area contributed by atoms with Crippen LogP contribution in [0.3, 0.4) is 0 Å². The first-order valence-corrected chi connectivity index (χ1v) is 9.66. The van der Waals surface area contributed by atoms with Gasteiger partial charge in [-0.1, -0.05) is 41.6 Å². The van der Waals surface area contributed by atoms with Crippen LogP contribution in [0.5, 0.6) is 0 Å². The maximum absolute atomic E-state index is 12.6. The van der Waals surface area contributed by atoms with Gasteiger partial charge in [0.25, 0.3) is 0 Å². The summed E-state index contributed by atoms with van der Waals surface area (Å²) in [6, 6.07) is 6.78. The van der Waals surface area contributed by atoms with E-state index in [9.17, 15) is 9.59 Å². The SMILES string of the molecule is CCOC(=O)CC1=CSC2=NC(C)=C(C(=O)OC)[C@@H](c3ccccc3Cl)N12. The third kappa shape index (κ3) is 3.75. The third-order valence-corrected chi connectivity index (χ3v) is 5.47. The van der Waals surface area contributed by atoms with E-state index in [1.54, 1.807) is 19.9 Å². The fourth-order valence-electron chi connectivity index (χ4n) is 3.09. The Bertz CT molecular complexity index is 878. The number of halogens is 1. The van der Waals surface area contributed by atoms with E-state index in [1.165, 1.54) is 18.9 Å². The van der Waals surface area contributed by atoms with Gasteiger partial charge in [0, 0.05) is 10.7 Å². The number of amidine groups is 1. The summed E-state index contributed by atoms with van der Waals surface area (Å²) in [5.74, 6) is -0.818. The summed E-state index contributed by atoms with van der Waals surface area (Å²) in [4.78, 5) is 31.0. The molecule has 1 aromatic carbocycles. The fraction of sp³-hybridized carbons (Fsp3) is 0.316. The lowest BCUT2D eigenvalue weighted by Gasteiger charge is -2.36. The van der Waals surface area contributed by atoms with E-state index in [-0.39, 0.29) is 12.4 Å². The summed E-state index contributed by atoms with van der Waals surface area (Å²) < 4.78 is 10.1. The number of fused-ring (bicyclic) bond motifs is 1. The molecule has 0 N–H and O–H groups in total. The number of methoxy groups -OCH3 is 1. The highest BCUT2D eigenvalue weighted by Crippen LogP contribution is 2.46. The van der Waals surface area contributed by atoms with Crippen LogP contribution in [0.4, 0.5) is 0 Å². The van der Waals surface area contributed by atoms with Crippen LogP contribution >= 0.6 is 23.4 Å². The summed E-state index contributed by atoms with van der Waals surface area (Å²) in [7, 11) is 1.33. The van der Waals surface area contributed by atoms with Crippen LogP contribution in [0.1, 0.15) is 31.9 Å². The van der Waals surface area contributed by atoms with Crippen molar-refractivity contribution in [1.29, 1.82) is 0 Å². The molecule has 2 heterocycles. The maximum Gasteiger partial charge on any atom is 0.338 e. The van der Waals surface area contributed by atoms with Crippen molar-refractivity contribution in [1.82, 2.24) is 4.90 Å². The first kappa shape index (κ1) is 19.5. The zero-order chi connectivity index (χ0) is 19.6. The number of carbonyl (C=O) groups is 2. The minimum absolute atomic E-state index is 0.0777. The van der Waals surface area contributed by atoms with Crippen molar-refractivity contribution in [2.24, 2.45) is 4.99 Å². The third-order valence-electron chi connectivity index (χ3n) is 4.24. The number of allylic oxidation sites excluding steroid dienone is 1. The Morgan fingerprint density at radius 3 is 2.74 bits per heavy atom. The van der Waals surface area contributed by atoms with Crippen LogP contribution in [-0.4, -0.2) is 35.7 Å². The second-order valence-electron chi connectivity index (χ2n) is 5.89. The molecule has 0 spiro atoms. The molecule has 6 nitrogen and oxygen atoms in total. The quantitative estimate of drug-likeness (QED) is 0.687. The summed E-state index contributed by atoms with van der Waals surface area (Å²) in [5, 5.41) is 3.06. The second-order valence-corrected chi connectivity index (χ2v) is 7.13. The zero-order valence-corrected chi connectivity index (χ0v) is 16.8. The predicted octanol–water partition coefficient (Wildman–Crippen LogP) is 4.04. The van der Waals surface area contributed by atoms with Crippen molar-refractivity contribution in [3.8, 4) is 0 Å². The van der Waals surface area contributed by atoms with Gasteiger partial charge in [-0.3, -0.25) is 4.79 Å². The molecule has 1 atom stereocenters. The van der Waals surface area contributed by atoms with Gasteiger partial charge >= 0.3 is 11.9 Å². The highest BCUT2D eigenvalue weighted by atomic mass is 35.5. The van der Waals surface area contributed by atoms with E-state index in [0.29, 0.717) is 33.8 Å². The number of hydrogen-bond donors (Lipinski definition) is 0. The van der Waals surface area contributed by atoms with Crippen molar-refractivity contribution >= 4 is 40.5 Å².